The molecule has 7 nitrogen and oxygen atoms in total. The molecule has 2 N–H and O–H groups in total. The van der Waals surface area contributed by atoms with Crippen molar-refractivity contribution >= 4 is 29.6 Å². The summed E-state index contributed by atoms with van der Waals surface area (Å²) in [6.07, 6.45) is 5.43. The van der Waals surface area contributed by atoms with E-state index in [2.05, 4.69) is 65.1 Å². The van der Waals surface area contributed by atoms with Gasteiger partial charge in [-0.3, -0.25) is 9.98 Å². The number of rotatable bonds is 5. The molecular formula is C24H34N6O. The predicted octanol–water partition coefficient (Wildman–Crippen LogP) is 5.04. The molecule has 2 aromatic rings. The maximum Gasteiger partial charge on any atom is 0.151 e. The van der Waals surface area contributed by atoms with Gasteiger partial charge in [0.1, 0.15) is 5.75 Å². The highest BCUT2D eigenvalue weighted by Crippen LogP contribution is 2.39. The first-order valence-electron chi connectivity index (χ1n) is 10.8. The van der Waals surface area contributed by atoms with E-state index in [0.717, 1.165) is 18.7 Å². The van der Waals surface area contributed by atoms with E-state index in [4.69, 9.17) is 0 Å². The van der Waals surface area contributed by atoms with Crippen molar-refractivity contribution in [3.05, 3.63) is 24.3 Å². The molecule has 1 aliphatic heterocycles. The van der Waals surface area contributed by atoms with Crippen LogP contribution in [0.15, 0.2) is 34.3 Å². The van der Waals surface area contributed by atoms with Crippen LogP contribution in [-0.2, 0) is 0 Å². The van der Waals surface area contributed by atoms with Gasteiger partial charge in [0.25, 0.3) is 0 Å². The van der Waals surface area contributed by atoms with Crippen molar-refractivity contribution in [3.8, 4) is 17.0 Å². The van der Waals surface area contributed by atoms with Crippen LogP contribution in [0.3, 0.4) is 0 Å². The molecule has 3 rings (SSSR count). The molecule has 1 fully saturated rings. The van der Waals surface area contributed by atoms with Gasteiger partial charge in [-0.05, 0) is 72.6 Å². The van der Waals surface area contributed by atoms with Crippen LogP contribution >= 0.6 is 0 Å². The minimum atomic E-state index is 0.0543. The third-order valence-electron chi connectivity index (χ3n) is 5.63. The second-order valence-corrected chi connectivity index (χ2v) is 9.48. The summed E-state index contributed by atoms with van der Waals surface area (Å²) < 4.78 is 0. The van der Waals surface area contributed by atoms with Gasteiger partial charge in [-0.2, -0.15) is 0 Å². The van der Waals surface area contributed by atoms with Gasteiger partial charge in [0, 0.05) is 48.2 Å². The fourth-order valence-electron chi connectivity index (χ4n) is 4.64. The average Bonchev–Trinajstić information content (AvgIpc) is 2.67. The number of aromatic hydroxyl groups is 1. The second-order valence-electron chi connectivity index (χ2n) is 9.48. The molecule has 2 heterocycles. The summed E-state index contributed by atoms with van der Waals surface area (Å²) in [6, 6.07) is 7.62. The monoisotopic (exact) mass is 422 g/mol. The summed E-state index contributed by atoms with van der Waals surface area (Å²) in [5.41, 5.74) is 2.58. The van der Waals surface area contributed by atoms with Crippen molar-refractivity contribution in [2.24, 2.45) is 9.98 Å². The van der Waals surface area contributed by atoms with Crippen molar-refractivity contribution < 1.29 is 5.11 Å². The number of benzene rings is 1. The zero-order chi connectivity index (χ0) is 22.8. The lowest BCUT2D eigenvalue weighted by molar-refractivity contribution is 0.160. The number of aromatic nitrogens is 2. The van der Waals surface area contributed by atoms with Gasteiger partial charge in [0.05, 0.1) is 17.1 Å². The summed E-state index contributed by atoms with van der Waals surface area (Å²) in [4.78, 5) is 10.9. The number of nitrogens with one attached hydrogen (secondary N) is 1. The van der Waals surface area contributed by atoms with E-state index in [9.17, 15) is 5.11 Å². The Morgan fingerprint density at radius 2 is 1.58 bits per heavy atom. The van der Waals surface area contributed by atoms with Gasteiger partial charge in [-0.15, -0.1) is 10.2 Å². The summed E-state index contributed by atoms with van der Waals surface area (Å²) >= 11 is 0. The van der Waals surface area contributed by atoms with Crippen LogP contribution in [0.4, 0.5) is 17.2 Å². The first kappa shape index (κ1) is 22.9. The minimum Gasteiger partial charge on any atom is -0.507 e. The average molecular weight is 423 g/mol. The van der Waals surface area contributed by atoms with E-state index in [-0.39, 0.29) is 16.8 Å². The Morgan fingerprint density at radius 3 is 2.10 bits per heavy atom. The Bertz CT molecular complexity index is 962. The standard InChI is InChI=1S/C24H34N6O/c1-8-25-19-12-17(21(31)13-20(19)26-9-2)18-10-11-22(28-27-18)30(7)16-14-23(3,4)29-24(5,6)15-16/h8-13,16,29,31H,14-15H2,1-7H3/b25-8-,26-9-. The zero-order valence-electron chi connectivity index (χ0n) is 19.6. The second kappa shape index (κ2) is 8.75. The van der Waals surface area contributed by atoms with Gasteiger partial charge in [0.15, 0.2) is 5.82 Å². The Kier molecular flexibility index (Phi) is 6.46. The molecular weight excluding hydrogens is 388 g/mol. The molecule has 166 valence electrons. The Hall–Kier alpha value is -2.80. The number of piperidine rings is 1. The molecule has 0 unspecified atom stereocenters. The molecule has 1 aromatic heterocycles. The molecule has 0 aliphatic carbocycles. The number of nitrogens with zero attached hydrogens (tertiary/aromatic N) is 5. The number of hydrogen-bond donors (Lipinski definition) is 2. The maximum absolute atomic E-state index is 10.6. The molecule has 31 heavy (non-hydrogen) atoms. The number of aliphatic imine (C=N–C) groups is 2. The Balaban J connectivity index is 1.89. The topological polar surface area (TPSA) is 86.0 Å². The highest BCUT2D eigenvalue weighted by molar-refractivity contribution is 5.81. The number of phenols is 1. The highest BCUT2D eigenvalue weighted by Gasteiger charge is 2.39. The zero-order valence-corrected chi connectivity index (χ0v) is 19.6. The molecule has 0 spiro atoms. The highest BCUT2D eigenvalue weighted by atomic mass is 16.3. The van der Waals surface area contributed by atoms with E-state index >= 15 is 0 Å². The summed E-state index contributed by atoms with van der Waals surface area (Å²) in [5, 5.41) is 23.2. The lowest BCUT2D eigenvalue weighted by Crippen LogP contribution is -2.62. The number of hydrogen-bond acceptors (Lipinski definition) is 7. The van der Waals surface area contributed by atoms with Gasteiger partial charge in [0.2, 0.25) is 0 Å². The van der Waals surface area contributed by atoms with Crippen molar-refractivity contribution in [1.29, 1.82) is 0 Å². The number of phenolic OH excluding ortho intramolecular Hbond substituents is 1. The fourth-order valence-corrected chi connectivity index (χ4v) is 4.64. The molecule has 0 radical (unpaired) electrons. The van der Waals surface area contributed by atoms with Crippen molar-refractivity contribution in [2.75, 3.05) is 11.9 Å². The third-order valence-corrected chi connectivity index (χ3v) is 5.63. The quantitative estimate of drug-likeness (QED) is 0.659. The molecule has 0 bridgehead atoms. The van der Waals surface area contributed by atoms with Crippen molar-refractivity contribution in [3.63, 3.8) is 0 Å². The van der Waals surface area contributed by atoms with Crippen LogP contribution in [0.5, 0.6) is 5.75 Å². The fraction of sp³-hybridized carbons (Fsp3) is 0.500. The van der Waals surface area contributed by atoms with E-state index in [1.54, 1.807) is 24.6 Å². The van der Waals surface area contributed by atoms with Crippen LogP contribution in [0.2, 0.25) is 0 Å². The predicted molar refractivity (Wildman–Crippen MR) is 130 cm³/mol. The number of anilines is 1. The summed E-state index contributed by atoms with van der Waals surface area (Å²) in [7, 11) is 2.08. The van der Waals surface area contributed by atoms with Gasteiger partial charge < -0.3 is 15.3 Å². The van der Waals surface area contributed by atoms with Crippen LogP contribution in [0.1, 0.15) is 54.4 Å². The van der Waals surface area contributed by atoms with Crippen molar-refractivity contribution in [2.45, 2.75) is 71.5 Å². The first-order chi connectivity index (χ1) is 14.5. The van der Waals surface area contributed by atoms with Crippen LogP contribution in [-0.4, -0.2) is 51.9 Å². The van der Waals surface area contributed by atoms with Crippen LogP contribution in [0.25, 0.3) is 11.3 Å². The van der Waals surface area contributed by atoms with Gasteiger partial charge in [-0.1, -0.05) is 0 Å². The van der Waals surface area contributed by atoms with E-state index in [1.165, 1.54) is 0 Å². The molecule has 1 saturated heterocycles. The lowest BCUT2D eigenvalue weighted by Gasteiger charge is -2.49. The molecule has 7 heteroatoms. The first-order valence-corrected chi connectivity index (χ1v) is 10.8. The van der Waals surface area contributed by atoms with E-state index in [1.807, 2.05) is 26.0 Å². The lowest BCUT2D eigenvalue weighted by atomic mass is 9.79. The molecule has 1 aliphatic rings. The molecule has 1 aromatic carbocycles. The normalized spacial score (nSPS) is 18.7. The molecule has 0 amide bonds. The third kappa shape index (κ3) is 5.28. The maximum atomic E-state index is 10.6. The van der Waals surface area contributed by atoms with Gasteiger partial charge in [-0.25, -0.2) is 0 Å². The Labute approximate surface area is 185 Å². The minimum absolute atomic E-state index is 0.0543. The van der Waals surface area contributed by atoms with Gasteiger partial charge >= 0.3 is 0 Å². The van der Waals surface area contributed by atoms with E-state index in [0.29, 0.717) is 28.7 Å². The van der Waals surface area contributed by atoms with Crippen LogP contribution < -0.4 is 10.2 Å². The smallest absolute Gasteiger partial charge is 0.151 e. The summed E-state index contributed by atoms with van der Waals surface area (Å²) in [5.74, 6) is 0.925. The Morgan fingerprint density at radius 1 is 1.00 bits per heavy atom. The molecule has 0 atom stereocenters. The summed E-state index contributed by atoms with van der Waals surface area (Å²) in [6.45, 7) is 12.7. The molecule has 0 saturated carbocycles. The van der Waals surface area contributed by atoms with Crippen LogP contribution in [0, 0.1) is 0 Å². The largest absolute Gasteiger partial charge is 0.507 e. The van der Waals surface area contributed by atoms with Crippen molar-refractivity contribution in [1.82, 2.24) is 15.5 Å². The van der Waals surface area contributed by atoms with E-state index < -0.39 is 0 Å². The SMILES string of the molecule is C/C=N\c1cc(O)c(-c2ccc(N(C)C3CC(C)(C)NC(C)(C)C3)nn2)cc1/N=C\C.